The van der Waals surface area contributed by atoms with Crippen LogP contribution in [0.5, 0.6) is 0 Å². The van der Waals surface area contributed by atoms with Gasteiger partial charge in [-0.25, -0.2) is 14.4 Å². The molecule has 12 nitrogen and oxygen atoms in total. The van der Waals surface area contributed by atoms with Crippen molar-refractivity contribution >= 4 is 13.7 Å². The standard InChI is InChI=1S/C20H24N3O9P/c1-12(19(26)29-9-13-5-3-2-4-6-13)22-33(28)30-10-14-15(11-31-33)32-18(17(14)25)23-8-7-16(24)21-20(23)27/h2-8,12,14-15,17-18,25H,9-11H2,1H3,(H,22,28)(H,21,24,27)/t12-,14+,15+,17+,18+,33?/m0/s1. The highest BCUT2D eigenvalue weighted by molar-refractivity contribution is 7.51. The van der Waals surface area contributed by atoms with Crippen molar-refractivity contribution in [3.63, 3.8) is 0 Å². The summed E-state index contributed by atoms with van der Waals surface area (Å²) in [7, 11) is -3.91. The van der Waals surface area contributed by atoms with Gasteiger partial charge in [-0.3, -0.25) is 28.2 Å². The quantitative estimate of drug-likeness (QED) is 0.387. The molecule has 3 N–H and O–H groups in total. The van der Waals surface area contributed by atoms with Crippen LogP contribution in [0.3, 0.4) is 0 Å². The molecule has 0 saturated carbocycles. The first-order valence-electron chi connectivity index (χ1n) is 10.3. The van der Waals surface area contributed by atoms with Gasteiger partial charge in [0.25, 0.3) is 5.56 Å². The highest BCUT2D eigenvalue weighted by Crippen LogP contribution is 2.50. The van der Waals surface area contributed by atoms with Crippen LogP contribution < -0.4 is 16.3 Å². The minimum absolute atomic E-state index is 0.0629. The normalized spacial score (nSPS) is 30.2. The summed E-state index contributed by atoms with van der Waals surface area (Å²) in [4.78, 5) is 37.7. The van der Waals surface area contributed by atoms with Gasteiger partial charge in [0.05, 0.1) is 19.3 Å². The molecule has 6 atom stereocenters. The molecule has 1 unspecified atom stereocenters. The Hall–Kier alpha value is -2.60. The largest absolute Gasteiger partial charge is 0.460 e. The number of hydrogen-bond donors (Lipinski definition) is 3. The minimum atomic E-state index is -3.91. The van der Waals surface area contributed by atoms with Crippen LogP contribution in [0.2, 0.25) is 0 Å². The van der Waals surface area contributed by atoms with Crippen molar-refractivity contribution in [2.24, 2.45) is 5.92 Å². The molecule has 13 heteroatoms. The smallest absolute Gasteiger partial charge is 0.406 e. The Bertz CT molecular complexity index is 1150. The average Bonchev–Trinajstić information content (AvgIpc) is 3.00. The predicted octanol–water partition coefficient (Wildman–Crippen LogP) is 0.288. The van der Waals surface area contributed by atoms with Gasteiger partial charge in [0.15, 0.2) is 6.23 Å². The number of carbonyl (C=O) groups excluding carboxylic acids is 1. The van der Waals surface area contributed by atoms with Gasteiger partial charge >= 0.3 is 19.4 Å². The molecule has 0 amide bonds. The first-order chi connectivity index (χ1) is 15.8. The van der Waals surface area contributed by atoms with Crippen LogP contribution in [0, 0.1) is 5.92 Å². The van der Waals surface area contributed by atoms with Crippen LogP contribution in [0.25, 0.3) is 0 Å². The molecule has 33 heavy (non-hydrogen) atoms. The second kappa shape index (κ2) is 9.72. The number of aliphatic hydroxyl groups excluding tert-OH is 1. The van der Waals surface area contributed by atoms with Gasteiger partial charge in [-0.1, -0.05) is 30.3 Å². The van der Waals surface area contributed by atoms with Crippen LogP contribution in [0.1, 0.15) is 18.7 Å². The van der Waals surface area contributed by atoms with Crippen LogP contribution in [0.15, 0.2) is 52.2 Å². The van der Waals surface area contributed by atoms with E-state index in [-0.39, 0.29) is 19.8 Å². The summed E-state index contributed by atoms with van der Waals surface area (Å²) in [6.45, 7) is 1.10. The number of benzene rings is 1. The number of aromatic amines is 1. The van der Waals surface area contributed by atoms with Crippen LogP contribution in [-0.2, 0) is 34.5 Å². The molecule has 4 rings (SSSR count). The number of nitrogens with zero attached hydrogens (tertiary/aromatic N) is 1. The maximum absolute atomic E-state index is 13.0. The third-order valence-electron chi connectivity index (χ3n) is 5.42. The molecule has 0 radical (unpaired) electrons. The molecule has 2 aliphatic rings. The Kier molecular flexibility index (Phi) is 6.94. The SMILES string of the molecule is C[C@H](NP1(=O)OC[C@H]2[C@@H](O)[C@H](n3ccc(=O)[nH]c3=O)O[C@@H]2CO1)C(=O)OCc1ccccc1. The number of aliphatic hydroxyl groups is 1. The lowest BCUT2D eigenvalue weighted by atomic mass is 9.99. The van der Waals surface area contributed by atoms with E-state index in [0.29, 0.717) is 0 Å². The summed E-state index contributed by atoms with van der Waals surface area (Å²) in [5, 5.41) is 13.2. The molecule has 2 fully saturated rings. The highest BCUT2D eigenvalue weighted by Gasteiger charge is 2.49. The van der Waals surface area contributed by atoms with E-state index in [1.807, 2.05) is 30.3 Å². The molecule has 0 spiro atoms. The first kappa shape index (κ1) is 23.6. The Balaban J connectivity index is 1.35. The van der Waals surface area contributed by atoms with Gasteiger partial charge in [0.2, 0.25) is 0 Å². The van der Waals surface area contributed by atoms with E-state index in [2.05, 4.69) is 10.1 Å². The Morgan fingerprint density at radius 1 is 1.27 bits per heavy atom. The molecule has 2 aliphatic heterocycles. The van der Waals surface area contributed by atoms with Crippen molar-refractivity contribution in [1.82, 2.24) is 14.6 Å². The van der Waals surface area contributed by atoms with Gasteiger partial charge in [0.1, 0.15) is 18.8 Å². The molecule has 2 saturated heterocycles. The Labute approximate surface area is 188 Å². The molecule has 1 aromatic carbocycles. The summed E-state index contributed by atoms with van der Waals surface area (Å²) in [6, 6.07) is 9.25. The number of H-pyrrole nitrogens is 1. The van der Waals surface area contributed by atoms with E-state index in [4.69, 9.17) is 18.5 Å². The van der Waals surface area contributed by atoms with Crippen LogP contribution in [0.4, 0.5) is 0 Å². The molecule has 0 aliphatic carbocycles. The third kappa shape index (κ3) is 5.32. The van der Waals surface area contributed by atoms with Gasteiger partial charge in [0, 0.05) is 18.2 Å². The van der Waals surface area contributed by atoms with E-state index in [1.54, 1.807) is 0 Å². The van der Waals surface area contributed by atoms with Crippen molar-refractivity contribution in [3.05, 3.63) is 69.0 Å². The van der Waals surface area contributed by atoms with E-state index < -0.39 is 55.4 Å². The average molecular weight is 481 g/mol. The van der Waals surface area contributed by atoms with Gasteiger partial charge in [-0.2, -0.15) is 0 Å². The molecule has 1 aromatic heterocycles. The number of hydrogen-bond acceptors (Lipinski definition) is 9. The number of esters is 1. The summed E-state index contributed by atoms with van der Waals surface area (Å²) in [5.41, 5.74) is -0.505. The third-order valence-corrected chi connectivity index (χ3v) is 7.10. The molecule has 0 bridgehead atoms. The Morgan fingerprint density at radius 3 is 2.73 bits per heavy atom. The van der Waals surface area contributed by atoms with E-state index in [1.165, 1.54) is 13.1 Å². The first-order valence-corrected chi connectivity index (χ1v) is 11.8. The molecular weight excluding hydrogens is 457 g/mol. The highest BCUT2D eigenvalue weighted by atomic mass is 31.2. The van der Waals surface area contributed by atoms with Crippen molar-refractivity contribution in [3.8, 4) is 0 Å². The van der Waals surface area contributed by atoms with Gasteiger partial charge in [-0.05, 0) is 12.5 Å². The number of aromatic nitrogens is 2. The summed E-state index contributed by atoms with van der Waals surface area (Å²) in [5.74, 6) is -1.30. The van der Waals surface area contributed by atoms with Gasteiger partial charge < -0.3 is 14.6 Å². The molecule has 3 heterocycles. The fraction of sp³-hybridized carbons (Fsp3) is 0.450. The predicted molar refractivity (Wildman–Crippen MR) is 113 cm³/mol. The van der Waals surface area contributed by atoms with E-state index in [0.717, 1.165) is 16.2 Å². The zero-order valence-electron chi connectivity index (χ0n) is 17.7. The summed E-state index contributed by atoms with van der Waals surface area (Å²) >= 11 is 0. The summed E-state index contributed by atoms with van der Waals surface area (Å²) < 4.78 is 35.9. The zero-order valence-corrected chi connectivity index (χ0v) is 18.6. The fourth-order valence-electron chi connectivity index (χ4n) is 3.63. The number of carbonyl (C=O) groups is 1. The lowest BCUT2D eigenvalue weighted by Crippen LogP contribution is -2.37. The number of ether oxygens (including phenoxy) is 2. The van der Waals surface area contributed by atoms with Crippen LogP contribution in [-0.4, -0.2) is 52.1 Å². The van der Waals surface area contributed by atoms with Crippen molar-refractivity contribution < 1.29 is 33.0 Å². The van der Waals surface area contributed by atoms with E-state index in [9.17, 15) is 24.1 Å². The monoisotopic (exact) mass is 481 g/mol. The summed E-state index contributed by atoms with van der Waals surface area (Å²) in [6.07, 6.45) is -1.78. The topological polar surface area (TPSA) is 158 Å². The number of rotatable bonds is 6. The van der Waals surface area contributed by atoms with Crippen molar-refractivity contribution in [1.29, 1.82) is 0 Å². The van der Waals surface area contributed by atoms with Crippen molar-refractivity contribution in [2.75, 3.05) is 13.2 Å². The minimum Gasteiger partial charge on any atom is -0.460 e. The molecule has 2 aromatic rings. The molecular formula is C20H24N3O9P. The fourth-order valence-corrected chi connectivity index (χ4v) is 5.14. The van der Waals surface area contributed by atoms with Crippen LogP contribution >= 0.6 is 7.75 Å². The number of fused-ring (bicyclic) bond motifs is 1. The van der Waals surface area contributed by atoms with Crippen molar-refractivity contribution in [2.45, 2.75) is 38.0 Å². The second-order valence-electron chi connectivity index (χ2n) is 7.77. The maximum Gasteiger partial charge on any atom is 0.406 e. The zero-order chi connectivity index (χ0) is 23.6. The lowest BCUT2D eigenvalue weighted by molar-refractivity contribution is -0.146. The number of nitrogens with one attached hydrogen (secondary N) is 2. The van der Waals surface area contributed by atoms with E-state index >= 15 is 0 Å². The Morgan fingerprint density at radius 2 is 2.00 bits per heavy atom. The second-order valence-corrected chi connectivity index (χ2v) is 9.54. The maximum atomic E-state index is 13.0. The lowest BCUT2D eigenvalue weighted by Gasteiger charge is -2.22. The molecule has 178 valence electrons. The van der Waals surface area contributed by atoms with Gasteiger partial charge in [-0.15, -0.1) is 0 Å².